The van der Waals surface area contributed by atoms with Gasteiger partial charge in [-0.3, -0.25) is 10.00 Å². The molecule has 1 aromatic heterocycles. The molecule has 3 rings (SSSR count). The first-order chi connectivity index (χ1) is 10.5. The fourth-order valence-corrected chi connectivity index (χ4v) is 3.09. The van der Waals surface area contributed by atoms with Crippen molar-refractivity contribution in [3.8, 4) is 0 Å². The minimum absolute atomic E-state index is 0.0834. The molecule has 3 heterocycles. The van der Waals surface area contributed by atoms with Crippen LogP contribution in [0, 0.1) is 0 Å². The Hall–Kier alpha value is -0.950. The summed E-state index contributed by atoms with van der Waals surface area (Å²) in [7, 11) is 0. The SMILES string of the molecule is CC(C)(C)c1cc(CN2CCO[C@@]3(CNCCOC3)C2)[nH]n1. The molecule has 2 saturated heterocycles. The van der Waals surface area contributed by atoms with E-state index < -0.39 is 0 Å². The van der Waals surface area contributed by atoms with Gasteiger partial charge in [0, 0.05) is 43.8 Å². The number of nitrogens with zero attached hydrogens (tertiary/aromatic N) is 2. The van der Waals surface area contributed by atoms with E-state index in [1.54, 1.807) is 0 Å². The molecule has 0 amide bonds. The fraction of sp³-hybridized carbons (Fsp3) is 0.812. The summed E-state index contributed by atoms with van der Waals surface area (Å²) in [5.74, 6) is 0. The van der Waals surface area contributed by atoms with E-state index in [0.717, 1.165) is 51.6 Å². The van der Waals surface area contributed by atoms with Gasteiger partial charge >= 0.3 is 0 Å². The summed E-state index contributed by atoms with van der Waals surface area (Å²) in [4.78, 5) is 2.43. The molecule has 0 saturated carbocycles. The number of nitrogens with one attached hydrogen (secondary N) is 2. The molecular formula is C16H28N4O2. The Bertz CT molecular complexity index is 487. The maximum absolute atomic E-state index is 6.06. The number of H-pyrrole nitrogens is 1. The van der Waals surface area contributed by atoms with Crippen molar-refractivity contribution in [1.29, 1.82) is 0 Å². The van der Waals surface area contributed by atoms with Gasteiger partial charge in [-0.25, -0.2) is 0 Å². The molecule has 1 spiro atoms. The largest absolute Gasteiger partial charge is 0.377 e. The summed E-state index contributed by atoms with van der Waals surface area (Å²) < 4.78 is 11.8. The van der Waals surface area contributed by atoms with Gasteiger partial charge in [-0.1, -0.05) is 20.8 Å². The van der Waals surface area contributed by atoms with Crippen LogP contribution in [0.2, 0.25) is 0 Å². The molecule has 0 bridgehead atoms. The summed E-state index contributed by atoms with van der Waals surface area (Å²) in [5.41, 5.74) is 2.16. The zero-order valence-corrected chi connectivity index (χ0v) is 13.9. The lowest BCUT2D eigenvalue weighted by Gasteiger charge is -2.41. The van der Waals surface area contributed by atoms with Gasteiger partial charge < -0.3 is 14.8 Å². The third-order valence-electron chi connectivity index (χ3n) is 4.36. The van der Waals surface area contributed by atoms with E-state index in [-0.39, 0.29) is 11.0 Å². The van der Waals surface area contributed by atoms with E-state index in [0.29, 0.717) is 6.61 Å². The highest BCUT2D eigenvalue weighted by Gasteiger charge is 2.38. The van der Waals surface area contributed by atoms with Crippen LogP contribution < -0.4 is 5.32 Å². The van der Waals surface area contributed by atoms with Crippen molar-refractivity contribution >= 4 is 0 Å². The molecule has 6 heteroatoms. The zero-order chi connectivity index (χ0) is 15.6. The van der Waals surface area contributed by atoms with E-state index in [2.05, 4.69) is 47.3 Å². The van der Waals surface area contributed by atoms with Crippen LogP contribution in [0.4, 0.5) is 0 Å². The van der Waals surface area contributed by atoms with Crippen LogP contribution in [-0.4, -0.2) is 66.7 Å². The number of hydrogen-bond acceptors (Lipinski definition) is 5. The summed E-state index contributed by atoms with van der Waals surface area (Å²) >= 11 is 0. The molecule has 1 aromatic rings. The van der Waals surface area contributed by atoms with E-state index >= 15 is 0 Å². The Morgan fingerprint density at radius 2 is 2.23 bits per heavy atom. The van der Waals surface area contributed by atoms with Crippen molar-refractivity contribution in [3.05, 3.63) is 17.5 Å². The van der Waals surface area contributed by atoms with Crippen molar-refractivity contribution < 1.29 is 9.47 Å². The summed E-state index contributed by atoms with van der Waals surface area (Å²) in [6.45, 7) is 13.2. The number of aromatic amines is 1. The number of morpholine rings is 1. The molecular weight excluding hydrogens is 280 g/mol. The van der Waals surface area contributed by atoms with Gasteiger partial charge in [-0.2, -0.15) is 5.10 Å². The highest BCUT2D eigenvalue weighted by atomic mass is 16.5. The minimum atomic E-state index is -0.207. The van der Waals surface area contributed by atoms with E-state index in [1.165, 1.54) is 5.69 Å². The lowest BCUT2D eigenvalue weighted by atomic mass is 9.92. The van der Waals surface area contributed by atoms with Gasteiger partial charge in [0.15, 0.2) is 0 Å². The molecule has 124 valence electrons. The van der Waals surface area contributed by atoms with Gasteiger partial charge in [0.1, 0.15) is 5.60 Å². The van der Waals surface area contributed by atoms with Crippen LogP contribution in [-0.2, 0) is 21.4 Å². The van der Waals surface area contributed by atoms with Crippen LogP contribution in [0.15, 0.2) is 6.07 Å². The number of rotatable bonds is 2. The summed E-state index contributed by atoms with van der Waals surface area (Å²) in [6.07, 6.45) is 0. The zero-order valence-electron chi connectivity index (χ0n) is 13.9. The number of aromatic nitrogens is 2. The van der Waals surface area contributed by atoms with Gasteiger partial charge in [0.25, 0.3) is 0 Å². The molecule has 0 unspecified atom stereocenters. The van der Waals surface area contributed by atoms with Crippen molar-refractivity contribution in [2.24, 2.45) is 0 Å². The molecule has 2 aliphatic rings. The van der Waals surface area contributed by atoms with Crippen molar-refractivity contribution in [1.82, 2.24) is 20.4 Å². The Kier molecular flexibility index (Phi) is 4.54. The molecule has 22 heavy (non-hydrogen) atoms. The predicted molar refractivity (Wildman–Crippen MR) is 84.9 cm³/mol. The Balaban J connectivity index is 1.64. The molecule has 6 nitrogen and oxygen atoms in total. The molecule has 2 fully saturated rings. The second-order valence-corrected chi connectivity index (χ2v) is 7.50. The Labute approximate surface area is 132 Å². The smallest absolute Gasteiger partial charge is 0.116 e. The molecule has 2 N–H and O–H groups in total. The van der Waals surface area contributed by atoms with Crippen molar-refractivity contribution in [2.75, 3.05) is 46.0 Å². The standard InChI is InChI=1S/C16H28N4O2/c1-15(2,3)14-8-13(18-19-14)9-20-5-7-22-16(11-20)10-17-4-6-21-12-16/h8,17H,4-7,9-12H2,1-3H3,(H,18,19)/t16-/m0/s1. The maximum Gasteiger partial charge on any atom is 0.116 e. The number of hydrogen-bond donors (Lipinski definition) is 2. The van der Waals surface area contributed by atoms with Crippen LogP contribution in [0.25, 0.3) is 0 Å². The maximum atomic E-state index is 6.06. The molecule has 0 aromatic carbocycles. The third kappa shape index (κ3) is 3.68. The fourth-order valence-electron chi connectivity index (χ4n) is 3.09. The second kappa shape index (κ2) is 6.28. The first-order valence-electron chi connectivity index (χ1n) is 8.16. The quantitative estimate of drug-likeness (QED) is 0.850. The average molecular weight is 308 g/mol. The van der Waals surface area contributed by atoms with Crippen molar-refractivity contribution in [2.45, 2.75) is 38.3 Å². The lowest BCUT2D eigenvalue weighted by molar-refractivity contribution is -0.135. The topological polar surface area (TPSA) is 62.4 Å². The van der Waals surface area contributed by atoms with Gasteiger partial charge in [0.05, 0.1) is 25.5 Å². The first kappa shape index (κ1) is 15.9. The van der Waals surface area contributed by atoms with E-state index in [1.807, 2.05) is 0 Å². The Morgan fingerprint density at radius 1 is 1.36 bits per heavy atom. The lowest BCUT2D eigenvalue weighted by Crippen LogP contribution is -2.57. The van der Waals surface area contributed by atoms with Crippen molar-refractivity contribution in [3.63, 3.8) is 0 Å². The third-order valence-corrected chi connectivity index (χ3v) is 4.36. The average Bonchev–Trinajstić information content (AvgIpc) is 2.81. The number of ether oxygens (including phenoxy) is 2. The van der Waals surface area contributed by atoms with E-state index in [9.17, 15) is 0 Å². The highest BCUT2D eigenvalue weighted by Crippen LogP contribution is 2.23. The van der Waals surface area contributed by atoms with Gasteiger partial charge in [-0.15, -0.1) is 0 Å². The highest BCUT2D eigenvalue weighted by molar-refractivity contribution is 5.16. The summed E-state index contributed by atoms with van der Waals surface area (Å²) in [5, 5.41) is 11.1. The van der Waals surface area contributed by atoms with Crippen LogP contribution >= 0.6 is 0 Å². The monoisotopic (exact) mass is 308 g/mol. The molecule has 0 aliphatic carbocycles. The van der Waals surface area contributed by atoms with Gasteiger partial charge in [-0.05, 0) is 6.07 Å². The van der Waals surface area contributed by atoms with E-state index in [4.69, 9.17) is 9.47 Å². The second-order valence-electron chi connectivity index (χ2n) is 7.50. The predicted octanol–water partition coefficient (Wildman–Crippen LogP) is 0.898. The molecule has 0 radical (unpaired) electrons. The summed E-state index contributed by atoms with van der Waals surface area (Å²) in [6, 6.07) is 2.18. The minimum Gasteiger partial charge on any atom is -0.377 e. The molecule has 2 aliphatic heterocycles. The van der Waals surface area contributed by atoms with Gasteiger partial charge in [0.2, 0.25) is 0 Å². The Morgan fingerprint density at radius 3 is 3.00 bits per heavy atom. The van der Waals surface area contributed by atoms with Crippen LogP contribution in [0.1, 0.15) is 32.2 Å². The van der Waals surface area contributed by atoms with Crippen LogP contribution in [0.3, 0.4) is 0 Å². The normalized spacial score (nSPS) is 28.0. The first-order valence-corrected chi connectivity index (χ1v) is 8.16. The van der Waals surface area contributed by atoms with Crippen LogP contribution in [0.5, 0.6) is 0 Å². The molecule has 1 atom stereocenters.